The van der Waals surface area contributed by atoms with Gasteiger partial charge in [-0.25, -0.2) is 0 Å². The monoisotopic (exact) mass is 144 g/mol. The topological polar surface area (TPSA) is 49.8 Å². The molecule has 1 aliphatic rings. The van der Waals surface area contributed by atoms with Crippen LogP contribution < -0.4 is 0 Å². The molecule has 10 heavy (non-hydrogen) atoms. The molecule has 58 valence electrons. The van der Waals surface area contributed by atoms with Crippen molar-refractivity contribution in [1.82, 2.24) is 0 Å². The predicted octanol–water partition coefficient (Wildman–Crippen LogP) is 1.03. The van der Waals surface area contributed by atoms with Gasteiger partial charge in [-0.2, -0.15) is 0 Å². The van der Waals surface area contributed by atoms with Gasteiger partial charge in [0.2, 0.25) is 0 Å². The molecule has 2 atom stereocenters. The molecule has 0 amide bonds. The third-order valence-corrected chi connectivity index (χ3v) is 1.64. The van der Waals surface area contributed by atoms with Crippen LogP contribution in [0.2, 0.25) is 0 Å². The van der Waals surface area contributed by atoms with E-state index in [1.165, 1.54) is 0 Å². The highest BCUT2D eigenvalue weighted by Crippen LogP contribution is 2.28. The van der Waals surface area contributed by atoms with Crippen molar-refractivity contribution < 1.29 is 14.6 Å². The summed E-state index contributed by atoms with van der Waals surface area (Å²) in [5.41, 5.74) is 0. The molecule has 1 N–H and O–H groups in total. The first kappa shape index (κ1) is 7.54. The Labute approximate surface area is 60.0 Å². The fourth-order valence-electron chi connectivity index (χ4n) is 1.07. The van der Waals surface area contributed by atoms with Crippen LogP contribution in [0, 0.1) is 0 Å². The highest BCUT2D eigenvalue weighted by molar-refractivity contribution is 5.67. The minimum atomic E-state index is -0.761. The van der Waals surface area contributed by atoms with Crippen LogP contribution in [0.25, 0.3) is 0 Å². The molecule has 0 bridgehead atoms. The fraction of sp³-hybridized carbons (Fsp3) is 0.857. The Bertz CT molecular complexity index is 133. The molecule has 0 saturated carbocycles. The van der Waals surface area contributed by atoms with E-state index >= 15 is 0 Å². The summed E-state index contributed by atoms with van der Waals surface area (Å²) in [5.74, 6) is -0.761. The minimum Gasteiger partial charge on any atom is -0.481 e. The second-order valence-electron chi connectivity index (χ2n) is 2.60. The first-order valence-electron chi connectivity index (χ1n) is 3.61. The van der Waals surface area contributed by atoms with Gasteiger partial charge < -0.3 is 9.84 Å². The van der Waals surface area contributed by atoms with Crippen LogP contribution in [0.15, 0.2) is 0 Å². The molecular weight excluding hydrogens is 132 g/mol. The number of hydrogen-bond donors (Lipinski definition) is 1. The van der Waals surface area contributed by atoms with Crippen LogP contribution in [-0.2, 0) is 9.53 Å². The van der Waals surface area contributed by atoms with E-state index in [0.29, 0.717) is 0 Å². The lowest BCUT2D eigenvalue weighted by Crippen LogP contribution is -2.02. The fourth-order valence-corrected chi connectivity index (χ4v) is 1.07. The predicted molar refractivity (Wildman–Crippen MR) is 35.8 cm³/mol. The van der Waals surface area contributed by atoms with Crippen molar-refractivity contribution in [3.05, 3.63) is 0 Å². The van der Waals surface area contributed by atoms with E-state index in [0.717, 1.165) is 12.8 Å². The molecule has 1 aliphatic heterocycles. The number of rotatable bonds is 4. The number of carboxylic acids is 1. The van der Waals surface area contributed by atoms with Gasteiger partial charge in [0.1, 0.15) is 0 Å². The third-order valence-electron chi connectivity index (χ3n) is 1.64. The average molecular weight is 144 g/mol. The summed E-state index contributed by atoms with van der Waals surface area (Å²) in [6.45, 7) is 2.07. The molecular formula is C7H12O3. The van der Waals surface area contributed by atoms with Gasteiger partial charge >= 0.3 is 5.97 Å². The summed E-state index contributed by atoms with van der Waals surface area (Å²) in [6, 6.07) is 0. The molecule has 0 aromatic carbocycles. The highest BCUT2D eigenvalue weighted by atomic mass is 16.6. The van der Waals surface area contributed by atoms with Crippen LogP contribution in [0.4, 0.5) is 0 Å². The highest BCUT2D eigenvalue weighted by Gasteiger charge is 2.38. The van der Waals surface area contributed by atoms with Crippen LogP contribution in [-0.4, -0.2) is 23.3 Å². The van der Waals surface area contributed by atoms with E-state index in [2.05, 4.69) is 6.92 Å². The van der Waals surface area contributed by atoms with Crippen molar-refractivity contribution >= 4 is 5.97 Å². The average Bonchev–Trinajstić information content (AvgIpc) is 2.47. The molecule has 0 aliphatic carbocycles. The standard InChI is InChI=1S/C7H12O3/c1-2-3-5-6(10-5)4-7(8)9/h5-6H,2-4H2,1H3,(H,8,9). The molecule has 0 aromatic heterocycles. The lowest BCUT2D eigenvalue weighted by atomic mass is 10.2. The first-order chi connectivity index (χ1) is 4.74. The van der Waals surface area contributed by atoms with Gasteiger partial charge in [0.15, 0.2) is 0 Å². The maximum absolute atomic E-state index is 10.1. The number of carbonyl (C=O) groups is 1. The second-order valence-corrected chi connectivity index (χ2v) is 2.60. The van der Waals surface area contributed by atoms with E-state index in [1.807, 2.05) is 0 Å². The summed E-state index contributed by atoms with van der Waals surface area (Å²) >= 11 is 0. The van der Waals surface area contributed by atoms with Crippen LogP contribution >= 0.6 is 0 Å². The van der Waals surface area contributed by atoms with Crippen molar-refractivity contribution in [2.24, 2.45) is 0 Å². The summed E-state index contributed by atoms with van der Waals surface area (Å²) in [6.07, 6.45) is 2.49. The lowest BCUT2D eigenvalue weighted by molar-refractivity contribution is -0.137. The Kier molecular flexibility index (Phi) is 2.27. The molecule has 0 spiro atoms. The molecule has 0 radical (unpaired) electrons. The first-order valence-corrected chi connectivity index (χ1v) is 3.61. The van der Waals surface area contributed by atoms with Crippen LogP contribution in [0.3, 0.4) is 0 Å². The molecule has 1 fully saturated rings. The Morgan fingerprint density at radius 3 is 2.80 bits per heavy atom. The van der Waals surface area contributed by atoms with E-state index in [9.17, 15) is 4.79 Å². The van der Waals surface area contributed by atoms with Crippen molar-refractivity contribution in [2.75, 3.05) is 0 Å². The van der Waals surface area contributed by atoms with Crippen molar-refractivity contribution in [1.29, 1.82) is 0 Å². The smallest absolute Gasteiger partial charge is 0.306 e. The van der Waals surface area contributed by atoms with Crippen molar-refractivity contribution in [3.63, 3.8) is 0 Å². The van der Waals surface area contributed by atoms with Crippen molar-refractivity contribution in [2.45, 2.75) is 38.4 Å². The van der Waals surface area contributed by atoms with Crippen LogP contribution in [0.5, 0.6) is 0 Å². The molecule has 1 rings (SSSR count). The normalized spacial score (nSPS) is 30.1. The molecule has 2 unspecified atom stereocenters. The maximum atomic E-state index is 10.1. The van der Waals surface area contributed by atoms with E-state index in [4.69, 9.17) is 9.84 Å². The van der Waals surface area contributed by atoms with Gasteiger partial charge in [0.25, 0.3) is 0 Å². The summed E-state index contributed by atoms with van der Waals surface area (Å²) in [7, 11) is 0. The Balaban J connectivity index is 2.07. The molecule has 3 heteroatoms. The minimum absolute atomic E-state index is 0.0115. The molecule has 0 aromatic rings. The Morgan fingerprint density at radius 1 is 1.60 bits per heavy atom. The van der Waals surface area contributed by atoms with Gasteiger partial charge in [0, 0.05) is 0 Å². The number of epoxide rings is 1. The van der Waals surface area contributed by atoms with Gasteiger partial charge in [-0.1, -0.05) is 13.3 Å². The van der Waals surface area contributed by atoms with E-state index in [1.54, 1.807) is 0 Å². The third kappa shape index (κ3) is 1.99. The summed E-state index contributed by atoms with van der Waals surface area (Å²) < 4.78 is 5.09. The number of hydrogen-bond acceptors (Lipinski definition) is 2. The van der Waals surface area contributed by atoms with Gasteiger partial charge in [-0.3, -0.25) is 4.79 Å². The lowest BCUT2D eigenvalue weighted by Gasteiger charge is -1.86. The molecule has 1 saturated heterocycles. The zero-order chi connectivity index (χ0) is 7.56. The molecule has 3 nitrogen and oxygen atoms in total. The largest absolute Gasteiger partial charge is 0.481 e. The molecule has 1 heterocycles. The number of carboxylic acid groups (broad SMARTS) is 1. The maximum Gasteiger partial charge on any atom is 0.306 e. The van der Waals surface area contributed by atoms with Crippen LogP contribution in [0.1, 0.15) is 26.2 Å². The SMILES string of the molecule is CCCC1OC1CC(=O)O. The Hall–Kier alpha value is -0.570. The van der Waals surface area contributed by atoms with E-state index in [-0.39, 0.29) is 18.6 Å². The summed E-state index contributed by atoms with van der Waals surface area (Å²) in [5, 5.41) is 8.33. The van der Waals surface area contributed by atoms with Gasteiger partial charge in [-0.15, -0.1) is 0 Å². The number of ether oxygens (including phenoxy) is 1. The summed E-state index contributed by atoms with van der Waals surface area (Å²) in [4.78, 5) is 10.1. The van der Waals surface area contributed by atoms with E-state index < -0.39 is 5.97 Å². The zero-order valence-electron chi connectivity index (χ0n) is 6.04. The zero-order valence-corrected chi connectivity index (χ0v) is 6.04. The van der Waals surface area contributed by atoms with Gasteiger partial charge in [0.05, 0.1) is 18.6 Å². The number of aliphatic carboxylic acids is 1. The van der Waals surface area contributed by atoms with Gasteiger partial charge in [-0.05, 0) is 6.42 Å². The van der Waals surface area contributed by atoms with Crippen molar-refractivity contribution in [3.8, 4) is 0 Å². The Morgan fingerprint density at radius 2 is 2.30 bits per heavy atom. The second kappa shape index (κ2) is 3.01. The quantitative estimate of drug-likeness (QED) is 0.599.